The quantitative estimate of drug-likeness (QED) is 0.261. The van der Waals surface area contributed by atoms with Crippen LogP contribution in [0.2, 0.25) is 0 Å². The summed E-state index contributed by atoms with van der Waals surface area (Å²) in [5, 5.41) is 12.6. The standard InChI is InChI=1S/C24H21N5OS/c1-30-22-14-12-20(13-15-22)26-24(31)27-25-16-19-17-29(21-10-6-3-7-11-21)28-23(19)18-8-4-2-5-9-18/h2-17H,1H3,(H2,26,27,31). The van der Waals surface area contributed by atoms with E-state index in [4.69, 9.17) is 22.1 Å². The van der Waals surface area contributed by atoms with E-state index in [1.54, 1.807) is 13.3 Å². The minimum atomic E-state index is 0.387. The first-order valence-electron chi connectivity index (χ1n) is 9.67. The first-order chi connectivity index (χ1) is 15.2. The van der Waals surface area contributed by atoms with E-state index >= 15 is 0 Å². The molecular formula is C24H21N5OS. The molecule has 0 aliphatic rings. The van der Waals surface area contributed by atoms with Crippen LogP contribution in [0.5, 0.6) is 5.75 Å². The number of para-hydroxylation sites is 1. The fourth-order valence-electron chi connectivity index (χ4n) is 3.01. The molecule has 4 rings (SSSR count). The molecule has 2 N–H and O–H groups in total. The Morgan fingerprint density at radius 2 is 1.65 bits per heavy atom. The summed E-state index contributed by atoms with van der Waals surface area (Å²) in [5.41, 5.74) is 7.40. The summed E-state index contributed by atoms with van der Waals surface area (Å²) in [7, 11) is 1.63. The lowest BCUT2D eigenvalue weighted by Crippen LogP contribution is -2.23. The predicted octanol–water partition coefficient (Wildman–Crippen LogP) is 4.87. The van der Waals surface area contributed by atoms with Gasteiger partial charge in [0.1, 0.15) is 11.4 Å². The summed E-state index contributed by atoms with van der Waals surface area (Å²) in [6.07, 6.45) is 3.67. The van der Waals surface area contributed by atoms with Gasteiger partial charge in [-0.05, 0) is 48.6 Å². The number of aromatic nitrogens is 2. The van der Waals surface area contributed by atoms with Gasteiger partial charge >= 0.3 is 0 Å². The minimum Gasteiger partial charge on any atom is -0.497 e. The Bertz CT molecular complexity index is 1170. The molecule has 1 heterocycles. The van der Waals surface area contributed by atoms with Crippen molar-refractivity contribution in [1.29, 1.82) is 0 Å². The molecule has 0 bridgehead atoms. The molecule has 3 aromatic carbocycles. The van der Waals surface area contributed by atoms with Crippen molar-refractivity contribution in [3.8, 4) is 22.7 Å². The van der Waals surface area contributed by atoms with Gasteiger partial charge in [-0.2, -0.15) is 10.2 Å². The van der Waals surface area contributed by atoms with E-state index in [1.807, 2.05) is 95.8 Å². The summed E-state index contributed by atoms with van der Waals surface area (Å²) in [4.78, 5) is 0. The zero-order valence-electron chi connectivity index (χ0n) is 16.9. The molecule has 154 valence electrons. The molecule has 0 saturated heterocycles. The molecule has 4 aromatic rings. The maximum atomic E-state index is 5.33. The number of hydrogen-bond acceptors (Lipinski definition) is 4. The van der Waals surface area contributed by atoms with Crippen LogP contribution in [-0.4, -0.2) is 28.2 Å². The second-order valence-corrected chi connectivity index (χ2v) is 7.04. The molecule has 0 amide bonds. The van der Waals surface area contributed by atoms with Gasteiger partial charge in [-0.3, -0.25) is 5.43 Å². The molecule has 6 nitrogen and oxygen atoms in total. The van der Waals surface area contributed by atoms with E-state index in [0.717, 1.165) is 33.9 Å². The maximum absolute atomic E-state index is 5.33. The third-order valence-electron chi connectivity index (χ3n) is 4.53. The Morgan fingerprint density at radius 3 is 2.32 bits per heavy atom. The number of nitrogens with zero attached hydrogens (tertiary/aromatic N) is 3. The fourth-order valence-corrected chi connectivity index (χ4v) is 3.18. The van der Waals surface area contributed by atoms with Crippen LogP contribution >= 0.6 is 12.2 Å². The van der Waals surface area contributed by atoms with Crippen molar-refractivity contribution in [2.45, 2.75) is 0 Å². The molecule has 31 heavy (non-hydrogen) atoms. The zero-order valence-corrected chi connectivity index (χ0v) is 17.7. The van der Waals surface area contributed by atoms with E-state index in [9.17, 15) is 0 Å². The van der Waals surface area contributed by atoms with Crippen molar-refractivity contribution in [2.24, 2.45) is 5.10 Å². The lowest BCUT2D eigenvalue weighted by Gasteiger charge is -2.07. The molecule has 7 heteroatoms. The number of ether oxygens (including phenoxy) is 1. The molecule has 0 atom stereocenters. The van der Waals surface area contributed by atoms with Crippen LogP contribution in [-0.2, 0) is 0 Å². The monoisotopic (exact) mass is 427 g/mol. The number of anilines is 1. The van der Waals surface area contributed by atoms with E-state index < -0.39 is 0 Å². The summed E-state index contributed by atoms with van der Waals surface area (Å²) < 4.78 is 7.01. The molecule has 0 spiro atoms. The van der Waals surface area contributed by atoms with Gasteiger partial charge in [-0.25, -0.2) is 4.68 Å². The van der Waals surface area contributed by atoms with Gasteiger partial charge in [0.25, 0.3) is 0 Å². The summed E-state index contributed by atoms with van der Waals surface area (Å²) in [6.45, 7) is 0. The molecule has 1 aromatic heterocycles. The molecule has 0 radical (unpaired) electrons. The number of hydrazone groups is 1. The highest BCUT2D eigenvalue weighted by Crippen LogP contribution is 2.22. The average Bonchev–Trinajstić information content (AvgIpc) is 3.25. The average molecular weight is 428 g/mol. The van der Waals surface area contributed by atoms with Crippen LogP contribution in [0.4, 0.5) is 5.69 Å². The molecule has 0 unspecified atom stereocenters. The smallest absolute Gasteiger partial charge is 0.191 e. The lowest BCUT2D eigenvalue weighted by molar-refractivity contribution is 0.415. The number of hydrogen-bond donors (Lipinski definition) is 2. The Morgan fingerprint density at radius 1 is 0.968 bits per heavy atom. The summed E-state index contributed by atoms with van der Waals surface area (Å²) >= 11 is 5.33. The van der Waals surface area contributed by atoms with Crippen LogP contribution in [0.3, 0.4) is 0 Å². The number of rotatable bonds is 6. The number of benzene rings is 3. The van der Waals surface area contributed by atoms with Gasteiger partial charge in [0, 0.05) is 23.0 Å². The first kappa shape index (κ1) is 20.3. The highest BCUT2D eigenvalue weighted by molar-refractivity contribution is 7.80. The zero-order chi connectivity index (χ0) is 21.5. The van der Waals surface area contributed by atoms with Gasteiger partial charge < -0.3 is 10.1 Å². The van der Waals surface area contributed by atoms with Gasteiger partial charge in [0.2, 0.25) is 0 Å². The molecule has 0 saturated carbocycles. The van der Waals surface area contributed by atoms with Gasteiger partial charge in [0.05, 0.1) is 19.0 Å². The second kappa shape index (κ2) is 9.69. The lowest BCUT2D eigenvalue weighted by atomic mass is 10.1. The Balaban J connectivity index is 1.51. The number of thiocarbonyl (C=S) groups is 1. The topological polar surface area (TPSA) is 63.5 Å². The van der Waals surface area contributed by atoms with Crippen molar-refractivity contribution in [1.82, 2.24) is 15.2 Å². The maximum Gasteiger partial charge on any atom is 0.191 e. The summed E-state index contributed by atoms with van der Waals surface area (Å²) in [5.74, 6) is 0.784. The SMILES string of the molecule is COc1ccc(NC(=S)NN=Cc2cn(-c3ccccc3)nc2-c2ccccc2)cc1. The van der Waals surface area contributed by atoms with Crippen molar-refractivity contribution < 1.29 is 4.74 Å². The van der Waals surface area contributed by atoms with Gasteiger partial charge in [-0.15, -0.1) is 0 Å². The van der Waals surface area contributed by atoms with Crippen LogP contribution in [0.25, 0.3) is 16.9 Å². The Kier molecular flexibility index (Phi) is 6.35. The van der Waals surface area contributed by atoms with E-state index in [2.05, 4.69) is 15.8 Å². The third-order valence-corrected chi connectivity index (χ3v) is 4.72. The summed E-state index contributed by atoms with van der Waals surface area (Å²) in [6, 6.07) is 27.5. The van der Waals surface area contributed by atoms with Crippen LogP contribution in [0, 0.1) is 0 Å². The molecule has 0 aliphatic carbocycles. The van der Waals surface area contributed by atoms with Crippen molar-refractivity contribution in [3.05, 3.63) is 96.7 Å². The van der Waals surface area contributed by atoms with Gasteiger partial charge in [-0.1, -0.05) is 48.5 Å². The molecule has 0 fully saturated rings. The largest absolute Gasteiger partial charge is 0.497 e. The Labute approximate surface area is 186 Å². The van der Waals surface area contributed by atoms with E-state index in [0.29, 0.717) is 5.11 Å². The van der Waals surface area contributed by atoms with E-state index in [1.165, 1.54) is 0 Å². The van der Waals surface area contributed by atoms with Crippen LogP contribution in [0.1, 0.15) is 5.56 Å². The van der Waals surface area contributed by atoms with E-state index in [-0.39, 0.29) is 0 Å². The molecular weight excluding hydrogens is 406 g/mol. The minimum absolute atomic E-state index is 0.387. The highest BCUT2D eigenvalue weighted by Gasteiger charge is 2.10. The normalized spacial score (nSPS) is 10.7. The van der Waals surface area contributed by atoms with Gasteiger partial charge in [0.15, 0.2) is 5.11 Å². The van der Waals surface area contributed by atoms with Crippen molar-refractivity contribution in [2.75, 3.05) is 12.4 Å². The second-order valence-electron chi connectivity index (χ2n) is 6.63. The fraction of sp³-hybridized carbons (Fsp3) is 0.0417. The first-order valence-corrected chi connectivity index (χ1v) is 10.1. The number of nitrogens with one attached hydrogen (secondary N) is 2. The molecule has 0 aliphatic heterocycles. The highest BCUT2D eigenvalue weighted by atomic mass is 32.1. The van der Waals surface area contributed by atoms with Crippen molar-refractivity contribution >= 4 is 29.2 Å². The predicted molar refractivity (Wildman–Crippen MR) is 129 cm³/mol. The van der Waals surface area contributed by atoms with Crippen LogP contribution < -0.4 is 15.5 Å². The van der Waals surface area contributed by atoms with Crippen LogP contribution in [0.15, 0.2) is 96.2 Å². The van der Waals surface area contributed by atoms with Crippen molar-refractivity contribution in [3.63, 3.8) is 0 Å². The Hall–Kier alpha value is -3.97. The third kappa shape index (κ3) is 5.15. The number of methoxy groups -OCH3 is 1.